The Kier molecular flexibility index (Phi) is 17.9. The topological polar surface area (TPSA) is 240 Å². The van der Waals surface area contributed by atoms with Gasteiger partial charge in [-0.05, 0) is 96.3 Å². The second kappa shape index (κ2) is 23.8. The second-order valence-corrected chi connectivity index (χ2v) is 18.2. The van der Waals surface area contributed by atoms with Crippen LogP contribution in [0.4, 0.5) is 34.8 Å². The molecule has 5 heterocycles. The van der Waals surface area contributed by atoms with Gasteiger partial charge < -0.3 is 31.2 Å². The third kappa shape index (κ3) is 13.1. The number of aromatic amines is 1. The van der Waals surface area contributed by atoms with E-state index in [1.54, 1.807) is 23.1 Å². The molecule has 2 saturated heterocycles. The number of amides is 7. The first-order chi connectivity index (χ1) is 34.6. The fraction of sp³-hybridized carbons (Fsp3) is 0.431. The molecule has 0 spiro atoms. The van der Waals surface area contributed by atoms with Gasteiger partial charge in [0.25, 0.3) is 17.7 Å². The number of likely N-dealkylation sites (N-methyl/N-ethyl adjacent to an activating group) is 1. The van der Waals surface area contributed by atoms with Crippen LogP contribution in [0.5, 0.6) is 0 Å². The SMILES string of the molecule is CCN(CC)C(=O)CCC(=O)NCCCCCc1cccc2c1C(=O)N(C1CCC(=O)NC1=O)C2=O.C[C@@H]1CN(c2cc(F)c(-c3ccc(N)nc3)cc2NC(=O)c2c[nH]c(=O)cc2C(F)(F)F)C[C@H](C)N1C. The number of rotatable bonds is 16. The fourth-order valence-electron chi connectivity index (χ4n) is 9.08. The molecule has 7 rings (SSSR count). The van der Waals surface area contributed by atoms with Crippen molar-refractivity contribution >= 4 is 58.5 Å². The number of halogens is 4. The molecule has 2 aromatic carbocycles. The lowest BCUT2D eigenvalue weighted by Crippen LogP contribution is -2.55. The van der Waals surface area contributed by atoms with Crippen LogP contribution >= 0.6 is 0 Å². The first-order valence-electron chi connectivity index (χ1n) is 24.1. The largest absolute Gasteiger partial charge is 0.417 e. The van der Waals surface area contributed by atoms with E-state index in [1.165, 1.54) is 24.4 Å². The molecule has 0 saturated carbocycles. The molecule has 3 atom stereocenters. The van der Waals surface area contributed by atoms with Gasteiger partial charge in [-0.15, -0.1) is 0 Å². The molecule has 0 radical (unpaired) electrons. The maximum atomic E-state index is 15.4. The molecule has 1 unspecified atom stereocenters. The summed E-state index contributed by atoms with van der Waals surface area (Å²) in [7, 11) is 1.97. The molecule has 2 fully saturated rings. The molecule has 22 heteroatoms. The van der Waals surface area contributed by atoms with Crippen molar-refractivity contribution in [3.05, 3.63) is 105 Å². The van der Waals surface area contributed by atoms with Crippen LogP contribution in [0.25, 0.3) is 11.1 Å². The molecule has 18 nitrogen and oxygen atoms in total. The number of hydrogen-bond donors (Lipinski definition) is 5. The minimum absolute atomic E-state index is 0.0188. The summed E-state index contributed by atoms with van der Waals surface area (Å²) in [5, 5.41) is 7.56. The number of aryl methyl sites for hydroxylation is 1. The number of alkyl halides is 3. The van der Waals surface area contributed by atoms with Gasteiger partial charge in [0, 0.05) is 93.7 Å². The summed E-state index contributed by atoms with van der Waals surface area (Å²) in [6.45, 7) is 10.6. The minimum Gasteiger partial charge on any atom is -0.384 e. The Morgan fingerprint density at radius 2 is 1.62 bits per heavy atom. The third-order valence-corrected chi connectivity index (χ3v) is 13.3. The van der Waals surface area contributed by atoms with E-state index in [0.29, 0.717) is 68.2 Å². The van der Waals surface area contributed by atoms with E-state index in [1.807, 2.05) is 45.7 Å². The van der Waals surface area contributed by atoms with E-state index in [4.69, 9.17) is 5.73 Å². The van der Waals surface area contributed by atoms with E-state index in [0.717, 1.165) is 29.7 Å². The Morgan fingerprint density at radius 1 is 0.904 bits per heavy atom. The molecular formula is C51H60F4N10O8. The van der Waals surface area contributed by atoms with E-state index in [-0.39, 0.29) is 72.2 Å². The summed E-state index contributed by atoms with van der Waals surface area (Å²) < 4.78 is 56.1. The number of pyridine rings is 2. The highest BCUT2D eigenvalue weighted by Crippen LogP contribution is 2.38. The number of aromatic nitrogens is 2. The van der Waals surface area contributed by atoms with Gasteiger partial charge in [0.15, 0.2) is 0 Å². The quantitative estimate of drug-likeness (QED) is 0.0530. The van der Waals surface area contributed by atoms with Gasteiger partial charge in [0.2, 0.25) is 29.2 Å². The highest BCUT2D eigenvalue weighted by Gasteiger charge is 2.45. The summed E-state index contributed by atoms with van der Waals surface area (Å²) in [4.78, 5) is 111. The van der Waals surface area contributed by atoms with Gasteiger partial charge >= 0.3 is 6.18 Å². The third-order valence-electron chi connectivity index (χ3n) is 13.3. The number of imide groups is 2. The lowest BCUT2D eigenvalue weighted by molar-refractivity contribution is -0.138. The van der Waals surface area contributed by atoms with Crippen molar-refractivity contribution in [2.75, 3.05) is 55.7 Å². The minimum atomic E-state index is -4.93. The monoisotopic (exact) mass is 1020 g/mol. The van der Waals surface area contributed by atoms with Crippen molar-refractivity contribution < 1.29 is 51.1 Å². The fourth-order valence-corrected chi connectivity index (χ4v) is 9.08. The molecule has 4 aromatic rings. The van der Waals surface area contributed by atoms with Crippen LogP contribution in [0.15, 0.2) is 65.7 Å². The zero-order chi connectivity index (χ0) is 53.3. The lowest BCUT2D eigenvalue weighted by Gasteiger charge is -2.44. The van der Waals surface area contributed by atoms with Crippen LogP contribution in [0, 0.1) is 5.82 Å². The summed E-state index contributed by atoms with van der Waals surface area (Å²) in [5.74, 6) is -3.66. The Hall–Kier alpha value is -7.49. The van der Waals surface area contributed by atoms with Crippen molar-refractivity contribution in [1.82, 2.24) is 35.3 Å². The maximum absolute atomic E-state index is 15.4. The number of H-pyrrole nitrogens is 1. The number of piperidine rings is 1. The van der Waals surface area contributed by atoms with Crippen LogP contribution in [0.3, 0.4) is 0 Å². The van der Waals surface area contributed by atoms with E-state index in [9.17, 15) is 51.5 Å². The lowest BCUT2D eigenvalue weighted by atomic mass is 9.98. The van der Waals surface area contributed by atoms with Crippen molar-refractivity contribution in [3.8, 4) is 11.1 Å². The summed E-state index contributed by atoms with van der Waals surface area (Å²) in [6, 6.07) is 10.3. The van der Waals surface area contributed by atoms with Gasteiger partial charge in [-0.3, -0.25) is 53.5 Å². The number of fused-ring (bicyclic) bond motifs is 1. The smallest absolute Gasteiger partial charge is 0.384 e. The van der Waals surface area contributed by atoms with Crippen molar-refractivity contribution in [2.24, 2.45) is 0 Å². The average molecular weight is 1020 g/mol. The Balaban J connectivity index is 0.000000238. The molecule has 0 bridgehead atoms. The molecule has 73 heavy (non-hydrogen) atoms. The Labute approximate surface area is 419 Å². The molecule has 6 N–H and O–H groups in total. The van der Waals surface area contributed by atoms with E-state index >= 15 is 4.39 Å². The summed E-state index contributed by atoms with van der Waals surface area (Å²) >= 11 is 0. The van der Waals surface area contributed by atoms with Gasteiger partial charge in [-0.2, -0.15) is 13.2 Å². The van der Waals surface area contributed by atoms with Gasteiger partial charge in [-0.25, -0.2) is 9.37 Å². The van der Waals surface area contributed by atoms with Gasteiger partial charge in [-0.1, -0.05) is 18.6 Å². The van der Waals surface area contributed by atoms with Crippen molar-refractivity contribution in [3.63, 3.8) is 0 Å². The zero-order valence-corrected chi connectivity index (χ0v) is 41.3. The normalized spacial score (nSPS) is 17.9. The predicted molar refractivity (Wildman–Crippen MR) is 264 cm³/mol. The number of nitrogens with zero attached hydrogens (tertiary/aromatic N) is 5. The summed E-state index contributed by atoms with van der Waals surface area (Å²) in [6.07, 6.45) is 0.624. The number of carbonyl (C=O) groups is 7. The first-order valence-corrected chi connectivity index (χ1v) is 24.1. The Morgan fingerprint density at radius 3 is 2.26 bits per heavy atom. The molecule has 3 aliphatic heterocycles. The predicted octanol–water partition coefficient (Wildman–Crippen LogP) is 5.52. The number of unbranched alkanes of at least 4 members (excludes halogenated alkanes) is 2. The highest BCUT2D eigenvalue weighted by atomic mass is 19.4. The standard InChI is InChI=1S/C26H34N4O6.C25H26F4N6O2/c1-3-29(4-2)22(33)15-14-20(31)27-16-7-5-6-9-17-10-8-11-18-23(17)26(36)30(25(18)35)19-12-13-21(32)28-24(19)34;1-13-11-35(12-14(2)34(13)3)21-8-19(26)16(15-4-5-22(30)31-9-15)6-20(21)33-24(37)17-10-32-23(36)7-18(17)25(27,28)29/h8,10-11,19H,3-7,9,12-16H2,1-2H3,(H,27,31)(H,28,32,34);4-10,13-14H,11-12H2,1-3H3,(H2,30,31)(H,32,36)(H,33,37)/t;13-,14+. The zero-order valence-electron chi connectivity index (χ0n) is 41.3. The number of anilines is 3. The molecule has 390 valence electrons. The molecule has 2 aromatic heterocycles. The van der Waals surface area contributed by atoms with Crippen LogP contribution in [-0.2, 0) is 31.8 Å². The van der Waals surface area contributed by atoms with Crippen molar-refractivity contribution in [2.45, 2.75) is 103 Å². The number of piperazine rings is 1. The molecule has 0 aliphatic carbocycles. The van der Waals surface area contributed by atoms with Crippen LogP contribution < -0.4 is 32.1 Å². The average Bonchev–Trinajstić information content (AvgIpc) is 3.60. The van der Waals surface area contributed by atoms with Crippen LogP contribution in [0.1, 0.15) is 115 Å². The Bertz CT molecular complexity index is 2790. The van der Waals surface area contributed by atoms with E-state index < -0.39 is 64.3 Å². The highest BCUT2D eigenvalue weighted by molar-refractivity contribution is 6.24. The second-order valence-electron chi connectivity index (χ2n) is 18.2. The van der Waals surface area contributed by atoms with Crippen LogP contribution in [0.2, 0.25) is 0 Å². The van der Waals surface area contributed by atoms with E-state index in [2.05, 4.69) is 30.8 Å². The number of nitrogens with one attached hydrogen (secondary N) is 4. The number of nitrogens with two attached hydrogens (primary N) is 1. The number of benzene rings is 2. The number of nitrogen functional groups attached to an aromatic ring is 1. The van der Waals surface area contributed by atoms with Gasteiger partial charge in [0.1, 0.15) is 17.7 Å². The maximum Gasteiger partial charge on any atom is 0.417 e. The summed E-state index contributed by atoms with van der Waals surface area (Å²) in [5.41, 5.74) is 4.75. The first kappa shape index (κ1) is 54.8. The number of carbonyl (C=O) groups excluding carboxylic acids is 7. The number of hydrogen-bond acceptors (Lipinski definition) is 12. The van der Waals surface area contributed by atoms with Crippen molar-refractivity contribution in [1.29, 1.82) is 0 Å². The molecule has 7 amide bonds. The molecule has 3 aliphatic rings. The van der Waals surface area contributed by atoms with Gasteiger partial charge in [0.05, 0.1) is 33.6 Å². The van der Waals surface area contributed by atoms with Crippen LogP contribution in [-0.4, -0.2) is 124 Å². The molecular weight excluding hydrogens is 957 g/mol.